The van der Waals surface area contributed by atoms with E-state index in [-0.39, 0.29) is 11.9 Å². The standard InChI is InChI=1S/C24H22N4O2S/c1-17(20-7-3-2-4-8-20)26-24(31)28-27-23(29)21-9-5-6-19(14-21)16-30-22-12-10-18(15-25)11-13-22/h2-14,17H,16H2,1H3,(H,27,29)(H2,26,28,31). The molecule has 0 aliphatic rings. The zero-order valence-corrected chi connectivity index (χ0v) is 17.8. The van der Waals surface area contributed by atoms with E-state index in [0.717, 1.165) is 11.1 Å². The highest BCUT2D eigenvalue weighted by Crippen LogP contribution is 2.15. The van der Waals surface area contributed by atoms with E-state index in [4.69, 9.17) is 22.2 Å². The van der Waals surface area contributed by atoms with Gasteiger partial charge >= 0.3 is 0 Å². The second-order valence-corrected chi connectivity index (χ2v) is 7.22. The Labute approximate surface area is 186 Å². The predicted molar refractivity (Wildman–Crippen MR) is 123 cm³/mol. The molecule has 0 saturated heterocycles. The maximum absolute atomic E-state index is 12.5. The van der Waals surface area contributed by atoms with Crippen molar-refractivity contribution in [1.29, 1.82) is 5.26 Å². The number of thiocarbonyl (C=S) groups is 1. The van der Waals surface area contributed by atoms with Gasteiger partial charge in [0.1, 0.15) is 12.4 Å². The summed E-state index contributed by atoms with van der Waals surface area (Å²) in [6, 6.07) is 26.0. The molecule has 0 spiro atoms. The molecule has 3 rings (SSSR count). The first-order valence-corrected chi connectivity index (χ1v) is 10.1. The summed E-state index contributed by atoms with van der Waals surface area (Å²) in [4.78, 5) is 12.5. The lowest BCUT2D eigenvalue weighted by Crippen LogP contribution is -2.47. The summed E-state index contributed by atoms with van der Waals surface area (Å²) in [5, 5.41) is 12.3. The number of carbonyl (C=O) groups is 1. The Hall–Kier alpha value is -3.89. The summed E-state index contributed by atoms with van der Waals surface area (Å²) in [5.41, 5.74) is 8.32. The molecule has 0 radical (unpaired) electrons. The van der Waals surface area contributed by atoms with Gasteiger partial charge in [-0.2, -0.15) is 5.26 Å². The molecule has 1 atom stereocenters. The molecule has 3 N–H and O–H groups in total. The van der Waals surface area contributed by atoms with Crippen LogP contribution >= 0.6 is 12.2 Å². The number of carbonyl (C=O) groups excluding carboxylic acids is 1. The fourth-order valence-electron chi connectivity index (χ4n) is 2.84. The van der Waals surface area contributed by atoms with E-state index in [1.165, 1.54) is 0 Å². The first-order valence-electron chi connectivity index (χ1n) is 9.69. The van der Waals surface area contributed by atoms with Gasteiger partial charge in [-0.05, 0) is 66.7 Å². The third kappa shape index (κ3) is 6.56. The average molecular weight is 431 g/mol. The Morgan fingerprint density at radius 1 is 1.03 bits per heavy atom. The van der Waals surface area contributed by atoms with Crippen LogP contribution < -0.4 is 20.9 Å². The minimum absolute atomic E-state index is 0.000744. The SMILES string of the molecule is CC(NC(=S)NNC(=O)c1cccc(COc2ccc(C#N)cc2)c1)c1ccccc1. The minimum atomic E-state index is -0.309. The molecular weight excluding hydrogens is 408 g/mol. The minimum Gasteiger partial charge on any atom is -0.489 e. The highest BCUT2D eigenvalue weighted by Gasteiger charge is 2.09. The summed E-state index contributed by atoms with van der Waals surface area (Å²) in [6.45, 7) is 2.29. The van der Waals surface area contributed by atoms with Crippen molar-refractivity contribution >= 4 is 23.2 Å². The molecule has 7 heteroatoms. The summed E-state index contributed by atoms with van der Waals surface area (Å²) < 4.78 is 5.72. The van der Waals surface area contributed by atoms with Crippen molar-refractivity contribution in [3.05, 3.63) is 101 Å². The molecule has 0 aliphatic heterocycles. The number of nitrogens with one attached hydrogen (secondary N) is 3. The van der Waals surface area contributed by atoms with Crippen LogP contribution in [0.1, 0.15) is 40.0 Å². The molecule has 0 heterocycles. The number of hydrogen-bond donors (Lipinski definition) is 3. The van der Waals surface area contributed by atoms with E-state index in [2.05, 4.69) is 22.2 Å². The van der Waals surface area contributed by atoms with Crippen LogP contribution in [0.2, 0.25) is 0 Å². The highest BCUT2D eigenvalue weighted by atomic mass is 32.1. The van der Waals surface area contributed by atoms with Crippen molar-refractivity contribution in [2.24, 2.45) is 0 Å². The van der Waals surface area contributed by atoms with Crippen molar-refractivity contribution in [2.75, 3.05) is 0 Å². The summed E-state index contributed by atoms with van der Waals surface area (Å²) in [7, 11) is 0. The molecule has 0 aromatic heterocycles. The van der Waals surface area contributed by atoms with Crippen molar-refractivity contribution in [3.8, 4) is 11.8 Å². The molecule has 1 unspecified atom stereocenters. The zero-order chi connectivity index (χ0) is 22.1. The van der Waals surface area contributed by atoms with Gasteiger partial charge in [-0.25, -0.2) is 0 Å². The van der Waals surface area contributed by atoms with Crippen molar-refractivity contribution < 1.29 is 9.53 Å². The van der Waals surface area contributed by atoms with Crippen LogP contribution in [0.3, 0.4) is 0 Å². The normalized spacial score (nSPS) is 11.0. The summed E-state index contributed by atoms with van der Waals surface area (Å²) in [5.74, 6) is 0.344. The largest absolute Gasteiger partial charge is 0.489 e. The van der Waals surface area contributed by atoms with Gasteiger partial charge in [-0.15, -0.1) is 0 Å². The number of ether oxygens (including phenoxy) is 1. The Bertz CT molecular complexity index is 1080. The van der Waals surface area contributed by atoms with Gasteiger partial charge in [0.2, 0.25) is 0 Å². The van der Waals surface area contributed by atoms with Crippen LogP contribution in [0.25, 0.3) is 0 Å². The average Bonchev–Trinajstić information content (AvgIpc) is 2.82. The molecule has 6 nitrogen and oxygen atoms in total. The van der Waals surface area contributed by atoms with Gasteiger partial charge < -0.3 is 10.1 Å². The Kier molecular flexibility index (Phi) is 7.57. The number of rotatable bonds is 6. The number of benzene rings is 3. The van der Waals surface area contributed by atoms with Gasteiger partial charge in [-0.3, -0.25) is 15.6 Å². The highest BCUT2D eigenvalue weighted by molar-refractivity contribution is 7.80. The van der Waals surface area contributed by atoms with Crippen LogP contribution in [0.15, 0.2) is 78.9 Å². The number of hydrazine groups is 1. The molecule has 3 aromatic rings. The molecule has 3 aromatic carbocycles. The maximum Gasteiger partial charge on any atom is 0.269 e. The van der Waals surface area contributed by atoms with Crippen LogP contribution in [0, 0.1) is 11.3 Å². The molecule has 31 heavy (non-hydrogen) atoms. The summed E-state index contributed by atoms with van der Waals surface area (Å²) >= 11 is 5.26. The van der Waals surface area contributed by atoms with E-state index in [9.17, 15) is 4.79 Å². The van der Waals surface area contributed by atoms with E-state index in [1.54, 1.807) is 42.5 Å². The van der Waals surface area contributed by atoms with Crippen molar-refractivity contribution in [1.82, 2.24) is 16.2 Å². The van der Waals surface area contributed by atoms with Gasteiger partial charge in [0.05, 0.1) is 17.7 Å². The number of nitrogens with zero attached hydrogens (tertiary/aromatic N) is 1. The predicted octanol–water partition coefficient (Wildman–Crippen LogP) is 4.01. The lowest BCUT2D eigenvalue weighted by Gasteiger charge is -2.17. The Balaban J connectivity index is 1.50. The topological polar surface area (TPSA) is 86.2 Å². The first kappa shape index (κ1) is 21.8. The van der Waals surface area contributed by atoms with Crippen LogP contribution in [-0.2, 0) is 6.61 Å². The van der Waals surface area contributed by atoms with E-state index in [1.807, 2.05) is 43.3 Å². The second-order valence-electron chi connectivity index (χ2n) is 6.81. The summed E-state index contributed by atoms with van der Waals surface area (Å²) in [6.07, 6.45) is 0. The van der Waals surface area contributed by atoms with Gasteiger partial charge in [0, 0.05) is 5.56 Å². The molecule has 0 fully saturated rings. The Morgan fingerprint density at radius 3 is 2.48 bits per heavy atom. The third-order valence-corrected chi connectivity index (χ3v) is 4.73. The van der Waals surface area contributed by atoms with Gasteiger partial charge in [-0.1, -0.05) is 42.5 Å². The Morgan fingerprint density at radius 2 is 1.77 bits per heavy atom. The van der Waals surface area contributed by atoms with Crippen molar-refractivity contribution in [3.63, 3.8) is 0 Å². The number of nitriles is 1. The van der Waals surface area contributed by atoms with E-state index in [0.29, 0.717) is 28.6 Å². The van der Waals surface area contributed by atoms with Gasteiger partial charge in [0.15, 0.2) is 5.11 Å². The molecule has 0 aliphatic carbocycles. The lowest BCUT2D eigenvalue weighted by atomic mass is 10.1. The van der Waals surface area contributed by atoms with E-state index >= 15 is 0 Å². The lowest BCUT2D eigenvalue weighted by molar-refractivity contribution is 0.0943. The second kappa shape index (κ2) is 10.8. The van der Waals surface area contributed by atoms with Crippen LogP contribution in [0.4, 0.5) is 0 Å². The van der Waals surface area contributed by atoms with Gasteiger partial charge in [0.25, 0.3) is 5.91 Å². The van der Waals surface area contributed by atoms with E-state index < -0.39 is 0 Å². The van der Waals surface area contributed by atoms with Crippen molar-refractivity contribution in [2.45, 2.75) is 19.6 Å². The molecule has 1 amide bonds. The molecule has 156 valence electrons. The molecule has 0 saturated carbocycles. The molecule has 0 bridgehead atoms. The quantitative estimate of drug-likeness (QED) is 0.405. The van der Waals surface area contributed by atoms with Crippen LogP contribution in [0.5, 0.6) is 5.75 Å². The van der Waals surface area contributed by atoms with Crippen LogP contribution in [-0.4, -0.2) is 11.0 Å². The number of hydrogen-bond acceptors (Lipinski definition) is 4. The fourth-order valence-corrected chi connectivity index (χ4v) is 3.07. The fraction of sp³-hybridized carbons (Fsp3) is 0.125. The first-order chi connectivity index (χ1) is 15.0. The zero-order valence-electron chi connectivity index (χ0n) is 17.0. The maximum atomic E-state index is 12.5. The monoisotopic (exact) mass is 430 g/mol. The third-order valence-electron chi connectivity index (χ3n) is 4.51. The number of amides is 1. The smallest absolute Gasteiger partial charge is 0.269 e. The molecular formula is C24H22N4O2S.